The van der Waals surface area contributed by atoms with Gasteiger partial charge in [-0.2, -0.15) is 0 Å². The van der Waals surface area contributed by atoms with Crippen molar-refractivity contribution < 1.29 is 15.3 Å². The molecule has 1 aromatic rings. The molecule has 5 N–H and O–H groups in total. The second-order valence-corrected chi connectivity index (χ2v) is 3.65. The monoisotopic (exact) mass is 211 g/mol. The summed E-state index contributed by atoms with van der Waals surface area (Å²) in [6, 6.07) is 4.89. The Morgan fingerprint density at radius 3 is 2.60 bits per heavy atom. The van der Waals surface area contributed by atoms with E-state index in [1.54, 1.807) is 12.1 Å². The Morgan fingerprint density at radius 1 is 1.33 bits per heavy atom. The highest BCUT2D eigenvalue weighted by Crippen LogP contribution is 2.28. The molecule has 0 spiro atoms. The minimum Gasteiger partial charge on any atom is -0.508 e. The van der Waals surface area contributed by atoms with Crippen LogP contribution in [0.25, 0.3) is 0 Å². The summed E-state index contributed by atoms with van der Waals surface area (Å²) in [7, 11) is 0. The molecule has 1 rings (SSSR count). The number of aliphatic hydroxyl groups excluding tert-OH is 2. The number of rotatable bonds is 4. The summed E-state index contributed by atoms with van der Waals surface area (Å²) in [6.07, 6.45) is -1.73. The van der Waals surface area contributed by atoms with E-state index in [-0.39, 0.29) is 5.75 Å². The zero-order valence-electron chi connectivity index (χ0n) is 8.72. The molecular formula is C11H17NO3. The second kappa shape index (κ2) is 5.11. The molecule has 0 aliphatic heterocycles. The van der Waals surface area contributed by atoms with Crippen molar-refractivity contribution in [3.05, 3.63) is 29.3 Å². The van der Waals surface area contributed by atoms with E-state index in [0.29, 0.717) is 18.5 Å². The Hall–Kier alpha value is -1.10. The number of aliphatic hydroxyl groups is 2. The number of hydrogen-bond donors (Lipinski definition) is 4. The maximum atomic E-state index is 9.76. The minimum absolute atomic E-state index is 0.0100. The van der Waals surface area contributed by atoms with Crippen LogP contribution in [0.15, 0.2) is 18.2 Å². The van der Waals surface area contributed by atoms with Crippen molar-refractivity contribution in [3.8, 4) is 5.75 Å². The zero-order valence-corrected chi connectivity index (χ0v) is 8.72. The first-order valence-electron chi connectivity index (χ1n) is 4.92. The number of aromatic hydroxyl groups is 1. The average molecular weight is 211 g/mol. The van der Waals surface area contributed by atoms with Gasteiger partial charge < -0.3 is 21.1 Å². The van der Waals surface area contributed by atoms with Crippen molar-refractivity contribution in [2.75, 3.05) is 6.54 Å². The Morgan fingerprint density at radius 2 is 2.00 bits per heavy atom. The van der Waals surface area contributed by atoms with Crippen molar-refractivity contribution in [2.24, 2.45) is 5.73 Å². The number of phenols is 1. The third-order valence-corrected chi connectivity index (χ3v) is 2.33. The molecule has 0 amide bonds. The highest BCUT2D eigenvalue weighted by molar-refractivity contribution is 5.37. The van der Waals surface area contributed by atoms with Crippen LogP contribution in [-0.4, -0.2) is 28.0 Å². The van der Waals surface area contributed by atoms with Crippen LogP contribution < -0.4 is 5.73 Å². The van der Waals surface area contributed by atoms with E-state index in [2.05, 4.69) is 0 Å². The maximum absolute atomic E-state index is 9.76. The normalized spacial score (nSPS) is 14.9. The lowest BCUT2D eigenvalue weighted by atomic mass is 9.99. The summed E-state index contributed by atoms with van der Waals surface area (Å²) in [5.41, 5.74) is 6.54. The van der Waals surface area contributed by atoms with E-state index in [1.165, 1.54) is 6.07 Å². The Bertz CT molecular complexity index is 328. The molecule has 0 saturated carbocycles. The molecule has 0 fully saturated rings. The minimum atomic E-state index is -1.09. The van der Waals surface area contributed by atoms with Crippen molar-refractivity contribution in [3.63, 3.8) is 0 Å². The first-order chi connectivity index (χ1) is 7.06. The predicted molar refractivity (Wildman–Crippen MR) is 57.5 cm³/mol. The van der Waals surface area contributed by atoms with Crippen LogP contribution in [-0.2, 0) is 0 Å². The Kier molecular flexibility index (Phi) is 4.08. The fourth-order valence-corrected chi connectivity index (χ4v) is 1.45. The maximum Gasteiger partial charge on any atom is 0.121 e. The zero-order chi connectivity index (χ0) is 11.4. The molecule has 0 aromatic heterocycles. The number of benzene rings is 1. The lowest BCUT2D eigenvalue weighted by molar-refractivity contribution is 0.0137. The summed E-state index contributed by atoms with van der Waals surface area (Å²) in [6.45, 7) is 2.15. The largest absolute Gasteiger partial charge is 0.508 e. The van der Waals surface area contributed by atoms with E-state index < -0.39 is 12.2 Å². The first kappa shape index (κ1) is 12.0. The fourth-order valence-electron chi connectivity index (χ4n) is 1.45. The molecule has 2 atom stereocenters. The number of nitrogens with two attached hydrogens (primary N) is 1. The smallest absolute Gasteiger partial charge is 0.121 e. The molecule has 2 unspecified atom stereocenters. The number of phenolic OH excluding ortho intramolecular Hbond substituents is 1. The van der Waals surface area contributed by atoms with Gasteiger partial charge in [-0.05, 0) is 32.0 Å². The molecule has 1 aromatic carbocycles. The van der Waals surface area contributed by atoms with E-state index in [1.807, 2.05) is 6.92 Å². The Labute approximate surface area is 89.0 Å². The van der Waals surface area contributed by atoms with Gasteiger partial charge in [0, 0.05) is 5.56 Å². The van der Waals surface area contributed by atoms with Gasteiger partial charge in [-0.3, -0.25) is 0 Å². The van der Waals surface area contributed by atoms with Gasteiger partial charge in [0.15, 0.2) is 0 Å². The van der Waals surface area contributed by atoms with Crippen LogP contribution in [0.5, 0.6) is 5.75 Å². The SMILES string of the molecule is Cc1ccc(O)c(C(O)C(O)CCN)c1. The van der Waals surface area contributed by atoms with Crippen molar-refractivity contribution in [1.29, 1.82) is 0 Å². The second-order valence-electron chi connectivity index (χ2n) is 3.65. The van der Waals surface area contributed by atoms with Gasteiger partial charge in [-0.15, -0.1) is 0 Å². The van der Waals surface area contributed by atoms with Crippen LogP contribution in [0.4, 0.5) is 0 Å². The van der Waals surface area contributed by atoms with Crippen LogP contribution >= 0.6 is 0 Å². The lowest BCUT2D eigenvalue weighted by Gasteiger charge is -2.18. The third-order valence-electron chi connectivity index (χ3n) is 2.33. The molecule has 15 heavy (non-hydrogen) atoms. The molecule has 0 aliphatic rings. The molecule has 4 heteroatoms. The quantitative estimate of drug-likeness (QED) is 0.582. The molecule has 4 nitrogen and oxygen atoms in total. The summed E-state index contributed by atoms with van der Waals surface area (Å²) in [4.78, 5) is 0. The molecule has 84 valence electrons. The summed E-state index contributed by atoms with van der Waals surface area (Å²) in [5.74, 6) is -0.0100. The number of hydrogen-bond acceptors (Lipinski definition) is 4. The third kappa shape index (κ3) is 2.92. The van der Waals surface area contributed by atoms with Gasteiger partial charge in [-0.1, -0.05) is 11.6 Å². The molecule has 0 saturated heterocycles. The van der Waals surface area contributed by atoms with Crippen molar-refractivity contribution in [1.82, 2.24) is 0 Å². The topological polar surface area (TPSA) is 86.7 Å². The van der Waals surface area contributed by atoms with E-state index in [0.717, 1.165) is 5.56 Å². The lowest BCUT2D eigenvalue weighted by Crippen LogP contribution is -2.21. The van der Waals surface area contributed by atoms with Crippen LogP contribution in [0.1, 0.15) is 23.7 Å². The van der Waals surface area contributed by atoms with Gasteiger partial charge in [0.1, 0.15) is 11.9 Å². The molecule has 0 bridgehead atoms. The van der Waals surface area contributed by atoms with E-state index in [9.17, 15) is 15.3 Å². The van der Waals surface area contributed by atoms with Crippen molar-refractivity contribution >= 4 is 0 Å². The van der Waals surface area contributed by atoms with Crippen LogP contribution in [0.3, 0.4) is 0 Å². The van der Waals surface area contributed by atoms with Gasteiger partial charge in [0.2, 0.25) is 0 Å². The summed E-state index contributed by atoms with van der Waals surface area (Å²) in [5, 5.41) is 28.8. The van der Waals surface area contributed by atoms with Crippen LogP contribution in [0.2, 0.25) is 0 Å². The molecule has 0 aliphatic carbocycles. The predicted octanol–water partition coefficient (Wildman–Crippen LogP) is 0.444. The van der Waals surface area contributed by atoms with Crippen molar-refractivity contribution in [2.45, 2.75) is 25.6 Å². The molecule has 0 radical (unpaired) electrons. The average Bonchev–Trinajstić information content (AvgIpc) is 2.21. The van der Waals surface area contributed by atoms with Gasteiger partial charge in [0.25, 0.3) is 0 Å². The highest BCUT2D eigenvalue weighted by atomic mass is 16.3. The highest BCUT2D eigenvalue weighted by Gasteiger charge is 2.20. The van der Waals surface area contributed by atoms with E-state index in [4.69, 9.17) is 5.73 Å². The Balaban J connectivity index is 2.89. The first-order valence-corrected chi connectivity index (χ1v) is 4.92. The van der Waals surface area contributed by atoms with Crippen LogP contribution in [0, 0.1) is 6.92 Å². The van der Waals surface area contributed by atoms with Gasteiger partial charge in [0.05, 0.1) is 6.10 Å². The number of aryl methyl sites for hydroxylation is 1. The van der Waals surface area contributed by atoms with E-state index >= 15 is 0 Å². The fraction of sp³-hybridized carbons (Fsp3) is 0.455. The summed E-state index contributed by atoms with van der Waals surface area (Å²) >= 11 is 0. The van der Waals surface area contributed by atoms with Gasteiger partial charge in [-0.25, -0.2) is 0 Å². The van der Waals surface area contributed by atoms with Gasteiger partial charge >= 0.3 is 0 Å². The summed E-state index contributed by atoms with van der Waals surface area (Å²) < 4.78 is 0. The standard InChI is InChI=1S/C11H17NO3/c1-7-2-3-9(13)8(6-7)11(15)10(14)4-5-12/h2-3,6,10-11,13-15H,4-5,12H2,1H3. The molecule has 0 heterocycles. The molecular weight excluding hydrogens is 194 g/mol.